The summed E-state index contributed by atoms with van der Waals surface area (Å²) in [5.74, 6) is 1.06. The van der Waals surface area contributed by atoms with Crippen molar-refractivity contribution in [1.82, 2.24) is 0 Å². The van der Waals surface area contributed by atoms with Crippen LogP contribution in [0, 0.1) is 17.8 Å². The third kappa shape index (κ3) is 2.55. The molecule has 0 aromatic heterocycles. The number of halogens is 1. The van der Waals surface area contributed by atoms with Crippen LogP contribution in [0.5, 0.6) is 5.75 Å². The Morgan fingerprint density at radius 2 is 2.05 bits per heavy atom. The van der Waals surface area contributed by atoms with Gasteiger partial charge in [-0.1, -0.05) is 6.07 Å². The lowest BCUT2D eigenvalue weighted by Crippen LogP contribution is -2.42. The molecular weight excluding hydrogens is 264 g/mol. The third-order valence-corrected chi connectivity index (χ3v) is 4.40. The smallest absolute Gasteiger partial charge is 0.229 e. The maximum atomic E-state index is 12.3. The van der Waals surface area contributed by atoms with E-state index in [1.807, 2.05) is 0 Å². The van der Waals surface area contributed by atoms with E-state index in [0.29, 0.717) is 17.5 Å². The topological polar surface area (TPSA) is 75.4 Å². The van der Waals surface area contributed by atoms with Crippen molar-refractivity contribution in [3.05, 3.63) is 24.3 Å². The summed E-state index contributed by atoms with van der Waals surface area (Å²) in [5, 5.41) is 12.2. The maximum Gasteiger partial charge on any atom is 0.229 e. The largest absolute Gasteiger partial charge is 0.508 e. The highest BCUT2D eigenvalue weighted by Crippen LogP contribution is 2.47. The number of carbonyl (C=O) groups excluding carboxylic acids is 1. The lowest BCUT2D eigenvalue weighted by molar-refractivity contribution is -0.121. The first-order valence-electron chi connectivity index (χ1n) is 6.50. The SMILES string of the molecule is Cl.NC1C2CCC(C2)C1C(=O)Nc1cccc(O)c1. The monoisotopic (exact) mass is 282 g/mol. The van der Waals surface area contributed by atoms with Gasteiger partial charge in [-0.05, 0) is 43.2 Å². The number of benzene rings is 1. The van der Waals surface area contributed by atoms with E-state index in [9.17, 15) is 9.90 Å². The number of phenolic OH excluding ortho intramolecular Hbond substituents is 1. The van der Waals surface area contributed by atoms with Crippen LogP contribution in [0.15, 0.2) is 24.3 Å². The van der Waals surface area contributed by atoms with Crippen LogP contribution in [0.3, 0.4) is 0 Å². The minimum absolute atomic E-state index is 0. The number of rotatable bonds is 2. The average Bonchev–Trinajstić information content (AvgIpc) is 2.89. The molecular formula is C14H19ClN2O2. The molecule has 4 unspecified atom stereocenters. The molecule has 1 aromatic rings. The van der Waals surface area contributed by atoms with E-state index in [1.165, 1.54) is 6.42 Å². The van der Waals surface area contributed by atoms with E-state index in [2.05, 4.69) is 5.32 Å². The molecule has 2 aliphatic rings. The number of amides is 1. The highest BCUT2D eigenvalue weighted by atomic mass is 35.5. The Labute approximate surface area is 118 Å². The van der Waals surface area contributed by atoms with Crippen LogP contribution in [0.4, 0.5) is 5.69 Å². The summed E-state index contributed by atoms with van der Waals surface area (Å²) >= 11 is 0. The number of anilines is 1. The predicted octanol–water partition coefficient (Wildman–Crippen LogP) is 2.13. The first-order chi connectivity index (χ1) is 8.65. The summed E-state index contributed by atoms with van der Waals surface area (Å²) < 4.78 is 0. The molecule has 1 aromatic carbocycles. The molecule has 2 bridgehead atoms. The Balaban J connectivity index is 0.00000133. The van der Waals surface area contributed by atoms with Gasteiger partial charge in [0, 0.05) is 17.8 Å². The van der Waals surface area contributed by atoms with Crippen molar-refractivity contribution in [1.29, 1.82) is 0 Å². The zero-order valence-corrected chi connectivity index (χ0v) is 11.4. The van der Waals surface area contributed by atoms with Gasteiger partial charge in [0.1, 0.15) is 5.75 Å². The maximum absolute atomic E-state index is 12.3. The Morgan fingerprint density at radius 1 is 1.32 bits per heavy atom. The number of nitrogens with two attached hydrogens (primary N) is 1. The molecule has 0 radical (unpaired) electrons. The van der Waals surface area contributed by atoms with E-state index in [1.54, 1.807) is 24.3 Å². The molecule has 2 aliphatic carbocycles. The number of phenols is 1. The number of nitrogens with one attached hydrogen (secondary N) is 1. The minimum Gasteiger partial charge on any atom is -0.508 e. The molecule has 0 saturated heterocycles. The summed E-state index contributed by atoms with van der Waals surface area (Å²) in [5.41, 5.74) is 6.77. The molecule has 4 N–H and O–H groups in total. The van der Waals surface area contributed by atoms with Crippen LogP contribution in [0.25, 0.3) is 0 Å². The van der Waals surface area contributed by atoms with Gasteiger partial charge in [-0.2, -0.15) is 0 Å². The van der Waals surface area contributed by atoms with Gasteiger partial charge >= 0.3 is 0 Å². The number of hydrogen-bond acceptors (Lipinski definition) is 3. The van der Waals surface area contributed by atoms with Gasteiger partial charge in [0.05, 0.1) is 5.92 Å². The van der Waals surface area contributed by atoms with E-state index in [4.69, 9.17) is 5.73 Å². The molecule has 4 nitrogen and oxygen atoms in total. The van der Waals surface area contributed by atoms with Gasteiger partial charge in [-0.25, -0.2) is 0 Å². The fourth-order valence-electron chi connectivity index (χ4n) is 3.53. The van der Waals surface area contributed by atoms with Crippen LogP contribution in [0.1, 0.15) is 19.3 Å². The van der Waals surface area contributed by atoms with Crippen molar-refractivity contribution in [3.8, 4) is 5.75 Å². The molecule has 0 heterocycles. The lowest BCUT2D eigenvalue weighted by Gasteiger charge is -2.27. The lowest BCUT2D eigenvalue weighted by atomic mass is 9.84. The molecule has 1 amide bonds. The van der Waals surface area contributed by atoms with Gasteiger partial charge < -0.3 is 16.2 Å². The second kappa shape index (κ2) is 5.39. The molecule has 2 fully saturated rings. The summed E-state index contributed by atoms with van der Waals surface area (Å²) in [6.07, 6.45) is 3.39. The third-order valence-electron chi connectivity index (χ3n) is 4.40. The van der Waals surface area contributed by atoms with Crippen LogP contribution < -0.4 is 11.1 Å². The Kier molecular flexibility index (Phi) is 4.02. The molecule has 0 aliphatic heterocycles. The van der Waals surface area contributed by atoms with E-state index in [0.717, 1.165) is 12.8 Å². The summed E-state index contributed by atoms with van der Waals surface area (Å²) in [6, 6.07) is 6.62. The molecule has 3 rings (SSSR count). The molecule has 5 heteroatoms. The van der Waals surface area contributed by atoms with Crippen molar-refractivity contribution in [2.75, 3.05) is 5.32 Å². The van der Waals surface area contributed by atoms with Crippen LogP contribution in [0.2, 0.25) is 0 Å². The standard InChI is InChI=1S/C14H18N2O2.ClH/c15-13-9-5-4-8(6-9)12(13)14(18)16-10-2-1-3-11(17)7-10;/h1-3,7-9,12-13,17H,4-6,15H2,(H,16,18);1H. The molecule has 104 valence electrons. The Morgan fingerprint density at radius 3 is 2.68 bits per heavy atom. The van der Waals surface area contributed by atoms with Crippen molar-refractivity contribution in [2.24, 2.45) is 23.5 Å². The molecule has 0 spiro atoms. The fourth-order valence-corrected chi connectivity index (χ4v) is 3.53. The van der Waals surface area contributed by atoms with Gasteiger partial charge in [0.25, 0.3) is 0 Å². The zero-order chi connectivity index (χ0) is 12.7. The number of hydrogen-bond donors (Lipinski definition) is 3. The van der Waals surface area contributed by atoms with Crippen molar-refractivity contribution >= 4 is 24.0 Å². The van der Waals surface area contributed by atoms with Gasteiger partial charge in [0.2, 0.25) is 5.91 Å². The molecule has 19 heavy (non-hydrogen) atoms. The van der Waals surface area contributed by atoms with Gasteiger partial charge in [0.15, 0.2) is 0 Å². The second-order valence-electron chi connectivity index (χ2n) is 5.48. The van der Waals surface area contributed by atoms with Crippen molar-refractivity contribution in [2.45, 2.75) is 25.3 Å². The number of fused-ring (bicyclic) bond motifs is 2. The Hall–Kier alpha value is -1.26. The van der Waals surface area contributed by atoms with Gasteiger partial charge in [-0.15, -0.1) is 12.4 Å². The zero-order valence-electron chi connectivity index (χ0n) is 10.6. The van der Waals surface area contributed by atoms with Crippen molar-refractivity contribution < 1.29 is 9.90 Å². The second-order valence-corrected chi connectivity index (χ2v) is 5.48. The van der Waals surface area contributed by atoms with Crippen LogP contribution in [-0.2, 0) is 4.79 Å². The van der Waals surface area contributed by atoms with E-state index < -0.39 is 0 Å². The predicted molar refractivity (Wildman–Crippen MR) is 76.3 cm³/mol. The minimum atomic E-state index is -0.0638. The highest BCUT2D eigenvalue weighted by molar-refractivity contribution is 5.93. The van der Waals surface area contributed by atoms with Gasteiger partial charge in [-0.3, -0.25) is 4.79 Å². The van der Waals surface area contributed by atoms with E-state index >= 15 is 0 Å². The first-order valence-corrected chi connectivity index (χ1v) is 6.50. The molecule has 2 saturated carbocycles. The fraction of sp³-hybridized carbons (Fsp3) is 0.500. The normalized spacial score (nSPS) is 31.8. The average molecular weight is 283 g/mol. The Bertz CT molecular complexity index is 478. The molecule has 4 atom stereocenters. The first kappa shape index (κ1) is 14.2. The highest BCUT2D eigenvalue weighted by Gasteiger charge is 2.49. The summed E-state index contributed by atoms with van der Waals surface area (Å²) in [7, 11) is 0. The number of carbonyl (C=O) groups is 1. The quantitative estimate of drug-likeness (QED) is 0.778. The van der Waals surface area contributed by atoms with Crippen molar-refractivity contribution in [3.63, 3.8) is 0 Å². The van der Waals surface area contributed by atoms with E-state index in [-0.39, 0.29) is 36.0 Å². The van der Waals surface area contributed by atoms with Crippen LogP contribution in [-0.4, -0.2) is 17.1 Å². The number of aromatic hydroxyl groups is 1. The summed E-state index contributed by atoms with van der Waals surface area (Å²) in [6.45, 7) is 0. The van der Waals surface area contributed by atoms with Crippen LogP contribution >= 0.6 is 12.4 Å². The summed E-state index contributed by atoms with van der Waals surface area (Å²) in [4.78, 5) is 12.3.